The molecular weight excluding hydrogens is 312 g/mol. The predicted octanol–water partition coefficient (Wildman–Crippen LogP) is 1.85. The summed E-state index contributed by atoms with van der Waals surface area (Å²) in [4.78, 5) is 14.3. The number of carbonyl (C=O) groups excluding carboxylic acids is 1. The van der Waals surface area contributed by atoms with Gasteiger partial charge in [-0.15, -0.1) is 11.6 Å². The monoisotopic (exact) mass is 326 g/mol. The van der Waals surface area contributed by atoms with Crippen LogP contribution in [0, 0.1) is 18.8 Å². The van der Waals surface area contributed by atoms with E-state index in [1.165, 1.54) is 12.1 Å². The van der Waals surface area contributed by atoms with E-state index in [0.717, 1.165) is 18.4 Å². The molecule has 2 saturated carbocycles. The number of sulfonamides is 1. The van der Waals surface area contributed by atoms with Gasteiger partial charge in [0.15, 0.2) is 5.78 Å². The fourth-order valence-electron chi connectivity index (χ4n) is 2.91. The maximum Gasteiger partial charge on any atom is 0.276 e. The Hall–Kier alpha value is -1.40. The second-order valence-electron chi connectivity index (χ2n) is 5.50. The van der Waals surface area contributed by atoms with Crippen LogP contribution >= 0.6 is 11.6 Å². The first kappa shape index (κ1) is 14.5. The smallest absolute Gasteiger partial charge is 0.276 e. The molecule has 1 aromatic rings. The van der Waals surface area contributed by atoms with Gasteiger partial charge in [-0.25, -0.2) is 0 Å². The molecule has 0 aliphatic heterocycles. The number of carbonyl (C=O) groups is 1. The predicted molar refractivity (Wildman–Crippen MR) is 79.8 cm³/mol. The molecule has 2 bridgehead atoms. The second kappa shape index (κ2) is 5.10. The topological polar surface area (TPSA) is 75.6 Å². The Bertz CT molecular complexity index is 712. The first-order chi connectivity index (χ1) is 9.90. The van der Waals surface area contributed by atoms with Crippen LogP contribution < -0.4 is 4.83 Å². The summed E-state index contributed by atoms with van der Waals surface area (Å²) in [7, 11) is -3.76. The highest BCUT2D eigenvalue weighted by Crippen LogP contribution is 2.43. The lowest BCUT2D eigenvalue weighted by Gasteiger charge is -2.11. The van der Waals surface area contributed by atoms with Crippen molar-refractivity contribution in [3.05, 3.63) is 29.8 Å². The van der Waals surface area contributed by atoms with Gasteiger partial charge in [-0.05, 0) is 31.9 Å². The van der Waals surface area contributed by atoms with Crippen molar-refractivity contribution in [3.63, 3.8) is 0 Å². The number of hydrazone groups is 1. The first-order valence-corrected chi connectivity index (χ1v) is 8.66. The summed E-state index contributed by atoms with van der Waals surface area (Å²) in [5, 5.41) is 3.60. The molecule has 21 heavy (non-hydrogen) atoms. The zero-order valence-corrected chi connectivity index (χ0v) is 13.0. The average molecular weight is 327 g/mol. The number of benzene rings is 1. The van der Waals surface area contributed by atoms with Crippen LogP contribution in [0.25, 0.3) is 0 Å². The number of fused-ring (bicyclic) bond motifs is 2. The van der Waals surface area contributed by atoms with Gasteiger partial charge in [0, 0.05) is 11.8 Å². The minimum atomic E-state index is -3.76. The quantitative estimate of drug-likeness (QED) is 0.680. The number of ketones is 1. The summed E-state index contributed by atoms with van der Waals surface area (Å²) in [6.07, 6.45) is 1.55. The molecule has 1 aromatic carbocycles. The minimum Gasteiger partial charge on any atom is -0.292 e. The van der Waals surface area contributed by atoms with E-state index in [1.54, 1.807) is 12.1 Å². The van der Waals surface area contributed by atoms with E-state index in [9.17, 15) is 13.2 Å². The van der Waals surface area contributed by atoms with Gasteiger partial charge < -0.3 is 0 Å². The molecule has 0 saturated heterocycles. The molecule has 1 N–H and O–H groups in total. The minimum absolute atomic E-state index is 0.121. The number of aryl methyl sites for hydroxylation is 1. The Morgan fingerprint density at radius 2 is 1.81 bits per heavy atom. The van der Waals surface area contributed by atoms with Crippen LogP contribution in [0.5, 0.6) is 0 Å². The van der Waals surface area contributed by atoms with Crippen molar-refractivity contribution in [2.24, 2.45) is 16.9 Å². The van der Waals surface area contributed by atoms with Crippen molar-refractivity contribution >= 4 is 33.1 Å². The number of Topliss-reactive ketones (excluding diaryl/α,β-unsaturated/α-hetero) is 1. The molecule has 2 aliphatic carbocycles. The number of rotatable bonds is 3. The van der Waals surface area contributed by atoms with E-state index in [2.05, 4.69) is 9.93 Å². The third-order valence-corrected chi connectivity index (χ3v) is 5.95. The van der Waals surface area contributed by atoms with Crippen molar-refractivity contribution in [2.45, 2.75) is 30.0 Å². The van der Waals surface area contributed by atoms with Crippen LogP contribution in [0.15, 0.2) is 34.3 Å². The van der Waals surface area contributed by atoms with E-state index in [0.29, 0.717) is 0 Å². The van der Waals surface area contributed by atoms with Crippen molar-refractivity contribution < 1.29 is 13.2 Å². The maximum absolute atomic E-state index is 12.1. The van der Waals surface area contributed by atoms with E-state index in [4.69, 9.17) is 11.6 Å². The number of alkyl halides is 1. The van der Waals surface area contributed by atoms with Crippen molar-refractivity contribution in [1.29, 1.82) is 0 Å². The second-order valence-corrected chi connectivity index (χ2v) is 7.67. The third-order valence-electron chi connectivity index (χ3n) is 4.12. The van der Waals surface area contributed by atoms with E-state index < -0.39 is 10.0 Å². The largest absolute Gasteiger partial charge is 0.292 e. The molecular formula is C14H15ClN2O3S. The summed E-state index contributed by atoms with van der Waals surface area (Å²) in [5.74, 6) is -0.470. The van der Waals surface area contributed by atoms with Gasteiger partial charge in [-0.1, -0.05) is 17.7 Å². The van der Waals surface area contributed by atoms with Gasteiger partial charge in [-0.3, -0.25) is 4.79 Å². The lowest BCUT2D eigenvalue weighted by Crippen LogP contribution is -2.27. The Kier molecular flexibility index (Phi) is 3.53. The highest BCUT2D eigenvalue weighted by atomic mass is 35.5. The van der Waals surface area contributed by atoms with Crippen LogP contribution in [0.2, 0.25) is 0 Å². The number of hydrogen-bond acceptors (Lipinski definition) is 4. The summed E-state index contributed by atoms with van der Waals surface area (Å²) in [6, 6.07) is 6.42. The third kappa shape index (κ3) is 2.46. The van der Waals surface area contributed by atoms with Crippen LogP contribution in [0.4, 0.5) is 0 Å². The molecule has 3 atom stereocenters. The molecule has 7 heteroatoms. The lowest BCUT2D eigenvalue weighted by molar-refractivity contribution is -0.115. The summed E-state index contributed by atoms with van der Waals surface area (Å²) >= 11 is 6.17. The van der Waals surface area contributed by atoms with Gasteiger partial charge in [0.2, 0.25) is 0 Å². The molecule has 0 heterocycles. The molecule has 2 aliphatic rings. The van der Waals surface area contributed by atoms with Gasteiger partial charge in [0.25, 0.3) is 10.0 Å². The van der Waals surface area contributed by atoms with Gasteiger partial charge >= 0.3 is 0 Å². The number of nitrogens with zero attached hydrogens (tertiary/aromatic N) is 1. The normalized spacial score (nSPS) is 30.1. The van der Waals surface area contributed by atoms with Crippen LogP contribution in [-0.4, -0.2) is 25.3 Å². The first-order valence-electron chi connectivity index (χ1n) is 6.74. The molecule has 3 rings (SSSR count). The zero-order valence-electron chi connectivity index (χ0n) is 11.4. The standard InChI is InChI=1S/C14H15ClN2O3S/c1-8-2-4-9(5-3-8)21(19,20)17-16-13-10-6-7-11(12(10)15)14(13)18/h2-5,10-12,17H,6-7H2,1H3/b16-13-. The van der Waals surface area contributed by atoms with E-state index in [1.807, 2.05) is 6.92 Å². The van der Waals surface area contributed by atoms with Crippen LogP contribution in [0.1, 0.15) is 18.4 Å². The van der Waals surface area contributed by atoms with E-state index >= 15 is 0 Å². The van der Waals surface area contributed by atoms with Crippen LogP contribution in [-0.2, 0) is 14.8 Å². The van der Waals surface area contributed by atoms with Gasteiger partial charge in [0.1, 0.15) is 5.71 Å². The number of nitrogens with one attached hydrogen (secondary N) is 1. The molecule has 112 valence electrons. The number of halogens is 1. The fourth-order valence-corrected chi connectivity index (χ4v) is 4.22. The zero-order chi connectivity index (χ0) is 15.2. The van der Waals surface area contributed by atoms with Crippen LogP contribution in [0.3, 0.4) is 0 Å². The fraction of sp³-hybridized carbons (Fsp3) is 0.429. The van der Waals surface area contributed by atoms with E-state index in [-0.39, 0.29) is 33.6 Å². The van der Waals surface area contributed by atoms with Crippen molar-refractivity contribution in [3.8, 4) is 0 Å². The molecule has 0 radical (unpaired) electrons. The molecule has 2 fully saturated rings. The lowest BCUT2D eigenvalue weighted by atomic mass is 9.97. The Morgan fingerprint density at radius 1 is 1.19 bits per heavy atom. The molecule has 5 nitrogen and oxygen atoms in total. The maximum atomic E-state index is 12.1. The number of hydrogen-bond donors (Lipinski definition) is 1. The Balaban J connectivity index is 1.82. The highest BCUT2D eigenvalue weighted by molar-refractivity contribution is 7.89. The van der Waals surface area contributed by atoms with Gasteiger partial charge in [0.05, 0.1) is 10.3 Å². The Labute approximate surface area is 128 Å². The summed E-state index contributed by atoms with van der Waals surface area (Å²) in [6.45, 7) is 1.87. The van der Waals surface area contributed by atoms with Crippen molar-refractivity contribution in [1.82, 2.24) is 4.83 Å². The average Bonchev–Trinajstić information content (AvgIpc) is 2.91. The SMILES string of the molecule is Cc1ccc(S(=O)(=O)N/N=C2\C(=O)C3CCC2C3Cl)cc1. The highest BCUT2D eigenvalue weighted by Gasteiger charge is 2.51. The molecule has 0 amide bonds. The molecule has 0 aromatic heterocycles. The van der Waals surface area contributed by atoms with Gasteiger partial charge in [-0.2, -0.15) is 18.4 Å². The summed E-state index contributed by atoms with van der Waals surface area (Å²) < 4.78 is 24.3. The molecule has 3 unspecified atom stereocenters. The molecule has 0 spiro atoms. The van der Waals surface area contributed by atoms with Crippen molar-refractivity contribution in [2.75, 3.05) is 0 Å². The Morgan fingerprint density at radius 3 is 2.38 bits per heavy atom. The summed E-state index contributed by atoms with van der Waals surface area (Å²) in [5.41, 5.74) is 1.23.